The van der Waals surface area contributed by atoms with Crippen LogP contribution in [0.25, 0.3) is 16.9 Å². The smallest absolute Gasteiger partial charge is 0.351 e. The van der Waals surface area contributed by atoms with E-state index in [4.69, 9.17) is 0 Å². The van der Waals surface area contributed by atoms with Gasteiger partial charge in [-0.05, 0) is 66.4 Å². The van der Waals surface area contributed by atoms with Crippen molar-refractivity contribution in [1.29, 1.82) is 0 Å². The number of nitrogens with zero attached hydrogens (tertiary/aromatic N) is 5. The van der Waals surface area contributed by atoms with Gasteiger partial charge in [0.2, 0.25) is 0 Å². The lowest BCUT2D eigenvalue weighted by Crippen LogP contribution is -2.26. The van der Waals surface area contributed by atoms with Gasteiger partial charge in [0.25, 0.3) is 5.91 Å². The fourth-order valence-corrected chi connectivity index (χ4v) is 3.79. The lowest BCUT2D eigenvalue weighted by atomic mass is 10.0. The predicted octanol–water partition coefficient (Wildman–Crippen LogP) is 5.12. The predicted molar refractivity (Wildman–Crippen MR) is 125 cm³/mol. The van der Waals surface area contributed by atoms with Crippen molar-refractivity contribution in [3.8, 4) is 11.3 Å². The SMILES string of the molecule is Cc1ccc(-c2cc(C(F)(F)F)n3nc(C(=O)NCCCn4cc(Br)c(C)n4)cc3n2)cc1C. The molecule has 11 heteroatoms. The van der Waals surface area contributed by atoms with Crippen molar-refractivity contribution in [2.45, 2.75) is 39.9 Å². The summed E-state index contributed by atoms with van der Waals surface area (Å²) in [4.78, 5) is 16.9. The molecular weight excluding hydrogens is 513 g/mol. The number of amides is 1. The standard InChI is InChI=1S/C23H22BrF3N6O/c1-13-5-6-16(9-14(13)2)18-10-20(23(25,26)27)33-21(29-18)11-19(31-33)22(34)28-7-4-8-32-12-17(24)15(3)30-32/h5-6,9-12H,4,7-8H2,1-3H3,(H,28,34). The van der Waals surface area contributed by atoms with Crippen LogP contribution in [0, 0.1) is 20.8 Å². The topological polar surface area (TPSA) is 77.1 Å². The van der Waals surface area contributed by atoms with E-state index in [1.165, 1.54) is 6.07 Å². The van der Waals surface area contributed by atoms with Crippen LogP contribution in [0.5, 0.6) is 0 Å². The van der Waals surface area contributed by atoms with Crippen LogP contribution in [0.3, 0.4) is 0 Å². The summed E-state index contributed by atoms with van der Waals surface area (Å²) in [5.74, 6) is -0.566. The van der Waals surface area contributed by atoms with Gasteiger partial charge in [0.1, 0.15) is 0 Å². The normalized spacial score (nSPS) is 11.9. The van der Waals surface area contributed by atoms with Gasteiger partial charge in [-0.15, -0.1) is 0 Å². The summed E-state index contributed by atoms with van der Waals surface area (Å²) < 4.78 is 44.7. The Balaban J connectivity index is 1.56. The Kier molecular flexibility index (Phi) is 6.48. The number of hydrogen-bond donors (Lipinski definition) is 1. The largest absolute Gasteiger partial charge is 0.433 e. The molecule has 0 radical (unpaired) electrons. The zero-order chi connectivity index (χ0) is 24.6. The first-order valence-electron chi connectivity index (χ1n) is 10.6. The molecule has 1 amide bonds. The number of nitrogens with one attached hydrogen (secondary N) is 1. The van der Waals surface area contributed by atoms with E-state index in [1.807, 2.05) is 33.0 Å². The summed E-state index contributed by atoms with van der Waals surface area (Å²) in [7, 11) is 0. The number of benzene rings is 1. The molecule has 0 saturated heterocycles. The first-order valence-corrected chi connectivity index (χ1v) is 11.4. The molecule has 0 atom stereocenters. The Labute approximate surface area is 202 Å². The summed E-state index contributed by atoms with van der Waals surface area (Å²) in [5, 5.41) is 10.9. The minimum absolute atomic E-state index is 0.0509. The van der Waals surface area contributed by atoms with E-state index in [2.05, 4.69) is 36.4 Å². The maximum atomic E-state index is 13.8. The molecule has 0 aliphatic heterocycles. The molecule has 0 unspecified atom stereocenters. The van der Waals surface area contributed by atoms with Crippen LogP contribution in [-0.2, 0) is 12.7 Å². The maximum absolute atomic E-state index is 13.8. The van der Waals surface area contributed by atoms with Gasteiger partial charge >= 0.3 is 6.18 Å². The molecule has 0 bridgehead atoms. The van der Waals surface area contributed by atoms with Gasteiger partial charge in [0.05, 0.1) is 15.9 Å². The molecule has 7 nitrogen and oxygen atoms in total. The molecule has 4 rings (SSSR count). The minimum Gasteiger partial charge on any atom is -0.351 e. The molecule has 178 valence electrons. The van der Waals surface area contributed by atoms with Gasteiger partial charge < -0.3 is 5.32 Å². The number of alkyl halides is 3. The third-order valence-electron chi connectivity index (χ3n) is 5.49. The van der Waals surface area contributed by atoms with Gasteiger partial charge in [0.15, 0.2) is 17.0 Å². The summed E-state index contributed by atoms with van der Waals surface area (Å²) in [6.45, 7) is 6.58. The van der Waals surface area contributed by atoms with Crippen molar-refractivity contribution in [2.24, 2.45) is 0 Å². The zero-order valence-electron chi connectivity index (χ0n) is 18.7. The lowest BCUT2D eigenvalue weighted by molar-refractivity contribution is -0.142. The average molecular weight is 535 g/mol. The molecule has 4 aromatic rings. The molecule has 1 aromatic carbocycles. The lowest BCUT2D eigenvalue weighted by Gasteiger charge is -2.11. The summed E-state index contributed by atoms with van der Waals surface area (Å²) in [5.41, 5.74) is 2.38. The molecule has 0 aliphatic carbocycles. The first kappa shape index (κ1) is 23.9. The van der Waals surface area contributed by atoms with Crippen LogP contribution >= 0.6 is 15.9 Å². The van der Waals surface area contributed by atoms with Crippen molar-refractivity contribution >= 4 is 27.5 Å². The van der Waals surface area contributed by atoms with Crippen molar-refractivity contribution in [3.05, 3.63) is 69.2 Å². The number of fused-ring (bicyclic) bond motifs is 1. The summed E-state index contributed by atoms with van der Waals surface area (Å²) in [6.07, 6.45) is -2.24. The highest BCUT2D eigenvalue weighted by Crippen LogP contribution is 2.32. The monoisotopic (exact) mass is 534 g/mol. The quantitative estimate of drug-likeness (QED) is 0.348. The third kappa shape index (κ3) is 4.98. The van der Waals surface area contributed by atoms with Gasteiger partial charge in [-0.2, -0.15) is 23.4 Å². The number of hydrogen-bond acceptors (Lipinski definition) is 4. The fraction of sp³-hybridized carbons (Fsp3) is 0.304. The number of carbonyl (C=O) groups excluding carboxylic acids is 1. The van der Waals surface area contributed by atoms with E-state index in [0.29, 0.717) is 29.6 Å². The highest BCUT2D eigenvalue weighted by molar-refractivity contribution is 9.10. The van der Waals surface area contributed by atoms with Gasteiger partial charge in [0, 0.05) is 30.9 Å². The number of rotatable bonds is 6. The molecule has 0 aliphatic rings. The molecule has 3 aromatic heterocycles. The minimum atomic E-state index is -4.67. The van der Waals surface area contributed by atoms with E-state index < -0.39 is 17.8 Å². The Hall–Kier alpha value is -3.21. The first-order chi connectivity index (χ1) is 16.0. The summed E-state index contributed by atoms with van der Waals surface area (Å²) in [6, 6.07) is 7.57. The van der Waals surface area contributed by atoms with E-state index in [9.17, 15) is 18.0 Å². The van der Waals surface area contributed by atoms with Crippen molar-refractivity contribution < 1.29 is 18.0 Å². The van der Waals surface area contributed by atoms with Crippen molar-refractivity contribution in [1.82, 2.24) is 29.7 Å². The van der Waals surface area contributed by atoms with Crippen LogP contribution in [0.15, 0.2) is 41.0 Å². The third-order valence-corrected chi connectivity index (χ3v) is 6.27. The average Bonchev–Trinajstić information content (AvgIpc) is 3.34. The number of carbonyl (C=O) groups is 1. The maximum Gasteiger partial charge on any atom is 0.433 e. The van der Waals surface area contributed by atoms with Crippen LogP contribution in [0.1, 0.15) is 39.4 Å². The van der Waals surface area contributed by atoms with Gasteiger partial charge in [-0.25, -0.2) is 9.50 Å². The number of aromatic nitrogens is 5. The Morgan fingerprint density at radius 1 is 1.09 bits per heavy atom. The Morgan fingerprint density at radius 2 is 1.85 bits per heavy atom. The highest BCUT2D eigenvalue weighted by Gasteiger charge is 2.35. The second-order valence-corrected chi connectivity index (χ2v) is 8.91. The molecule has 1 N–H and O–H groups in total. The van der Waals surface area contributed by atoms with Crippen LogP contribution < -0.4 is 5.32 Å². The van der Waals surface area contributed by atoms with Crippen molar-refractivity contribution in [2.75, 3.05) is 6.54 Å². The number of aryl methyl sites for hydroxylation is 4. The molecule has 0 spiro atoms. The van der Waals surface area contributed by atoms with Crippen LogP contribution in [-0.4, -0.2) is 36.8 Å². The van der Waals surface area contributed by atoms with Crippen molar-refractivity contribution in [3.63, 3.8) is 0 Å². The Bertz CT molecular complexity index is 1360. The second-order valence-electron chi connectivity index (χ2n) is 8.06. The highest BCUT2D eigenvalue weighted by atomic mass is 79.9. The molecule has 0 saturated carbocycles. The van der Waals surface area contributed by atoms with Crippen LogP contribution in [0.4, 0.5) is 13.2 Å². The molecule has 3 heterocycles. The number of halogens is 4. The van der Waals surface area contributed by atoms with Gasteiger partial charge in [-0.3, -0.25) is 9.48 Å². The molecule has 34 heavy (non-hydrogen) atoms. The second kappa shape index (κ2) is 9.21. The van der Waals surface area contributed by atoms with E-state index >= 15 is 0 Å². The zero-order valence-corrected chi connectivity index (χ0v) is 20.3. The van der Waals surface area contributed by atoms with Gasteiger partial charge in [-0.1, -0.05) is 12.1 Å². The fourth-order valence-electron chi connectivity index (χ4n) is 3.48. The van der Waals surface area contributed by atoms with E-state index in [0.717, 1.165) is 27.4 Å². The van der Waals surface area contributed by atoms with E-state index in [1.54, 1.807) is 16.8 Å². The molecule has 0 fully saturated rings. The van der Waals surface area contributed by atoms with Crippen LogP contribution in [0.2, 0.25) is 0 Å². The Morgan fingerprint density at radius 3 is 2.50 bits per heavy atom. The van der Waals surface area contributed by atoms with E-state index in [-0.39, 0.29) is 17.0 Å². The molecular formula is C23H22BrF3N6O. The summed E-state index contributed by atoms with van der Waals surface area (Å²) >= 11 is 3.39.